The summed E-state index contributed by atoms with van der Waals surface area (Å²) in [5.74, 6) is 0. The largest absolute Gasteiger partial charge is 0.367 e. The highest BCUT2D eigenvalue weighted by Gasteiger charge is 2.17. The Hall–Kier alpha value is 0.600. The van der Waals surface area contributed by atoms with Crippen LogP contribution in [0.5, 0.6) is 0 Å². The number of halogens is 2. The highest BCUT2D eigenvalue weighted by Crippen LogP contribution is 2.47. The summed E-state index contributed by atoms with van der Waals surface area (Å²) >= 11 is 3.02. The van der Waals surface area contributed by atoms with Gasteiger partial charge in [-0.2, -0.15) is 4.20 Å². The first kappa shape index (κ1) is 9.60. The summed E-state index contributed by atoms with van der Waals surface area (Å²) in [7, 11) is -3.72. The van der Waals surface area contributed by atoms with E-state index >= 15 is 0 Å². The standard InChI is InChI=1S/C4H9BrFO2P/c1-2-9(6,7)8-4-3-5/h2-4H2,1H3. The maximum Gasteiger partial charge on any atom is 0.367 e. The molecule has 0 amide bonds. The Morgan fingerprint density at radius 2 is 2.33 bits per heavy atom. The van der Waals surface area contributed by atoms with E-state index < -0.39 is 7.68 Å². The van der Waals surface area contributed by atoms with E-state index in [4.69, 9.17) is 0 Å². The summed E-state index contributed by atoms with van der Waals surface area (Å²) in [6.07, 6.45) is -0.0417. The minimum absolute atomic E-state index is 0.0417. The molecule has 0 bridgehead atoms. The third kappa shape index (κ3) is 5.07. The molecule has 0 radical (unpaired) electrons. The number of alkyl halides is 1. The van der Waals surface area contributed by atoms with Crippen molar-refractivity contribution in [3.05, 3.63) is 0 Å². The van der Waals surface area contributed by atoms with Gasteiger partial charge in [0.15, 0.2) is 0 Å². The summed E-state index contributed by atoms with van der Waals surface area (Å²) in [5, 5.41) is 0.515. The Balaban J connectivity index is 3.46. The van der Waals surface area contributed by atoms with Crippen molar-refractivity contribution < 1.29 is 13.3 Å². The molecule has 0 saturated heterocycles. The molecule has 0 aromatic carbocycles. The van der Waals surface area contributed by atoms with Crippen LogP contribution < -0.4 is 0 Å². The van der Waals surface area contributed by atoms with Crippen molar-refractivity contribution in [3.63, 3.8) is 0 Å². The van der Waals surface area contributed by atoms with Crippen molar-refractivity contribution in [3.8, 4) is 0 Å². The van der Waals surface area contributed by atoms with Gasteiger partial charge in [0.2, 0.25) is 0 Å². The Bertz CT molecular complexity index is 119. The third-order valence-corrected chi connectivity index (χ3v) is 2.39. The molecule has 0 spiro atoms. The molecule has 0 rings (SSSR count). The minimum atomic E-state index is -3.72. The molecule has 0 heterocycles. The lowest BCUT2D eigenvalue weighted by Crippen LogP contribution is -1.91. The van der Waals surface area contributed by atoms with Gasteiger partial charge in [0, 0.05) is 5.33 Å². The first-order chi connectivity index (χ1) is 4.12. The van der Waals surface area contributed by atoms with Gasteiger partial charge < -0.3 is 4.52 Å². The summed E-state index contributed by atoms with van der Waals surface area (Å²) in [6, 6.07) is 0. The molecule has 0 N–H and O–H groups in total. The van der Waals surface area contributed by atoms with Crippen LogP contribution in [-0.4, -0.2) is 18.1 Å². The van der Waals surface area contributed by atoms with E-state index in [-0.39, 0.29) is 12.8 Å². The predicted octanol–water partition coefficient (Wildman–Crippen LogP) is 2.58. The van der Waals surface area contributed by atoms with E-state index in [1.165, 1.54) is 6.92 Å². The molecule has 0 aliphatic heterocycles. The molecule has 5 heteroatoms. The second-order valence-electron chi connectivity index (χ2n) is 1.43. The highest BCUT2D eigenvalue weighted by atomic mass is 79.9. The van der Waals surface area contributed by atoms with Crippen molar-refractivity contribution in [1.29, 1.82) is 0 Å². The van der Waals surface area contributed by atoms with E-state index in [0.29, 0.717) is 5.33 Å². The Kier molecular flexibility index (Phi) is 4.72. The van der Waals surface area contributed by atoms with Crippen LogP contribution in [-0.2, 0) is 9.09 Å². The number of hydrogen-bond acceptors (Lipinski definition) is 2. The highest BCUT2D eigenvalue weighted by molar-refractivity contribution is 9.09. The van der Waals surface area contributed by atoms with Gasteiger partial charge in [-0.25, -0.2) is 0 Å². The minimum Gasteiger partial charge on any atom is -0.305 e. The van der Waals surface area contributed by atoms with Gasteiger partial charge in [0.1, 0.15) is 0 Å². The topological polar surface area (TPSA) is 26.3 Å². The van der Waals surface area contributed by atoms with Crippen LogP contribution in [0.4, 0.5) is 4.20 Å². The van der Waals surface area contributed by atoms with Crippen LogP contribution >= 0.6 is 23.6 Å². The van der Waals surface area contributed by atoms with Crippen molar-refractivity contribution in [2.75, 3.05) is 18.1 Å². The lowest BCUT2D eigenvalue weighted by molar-refractivity contribution is 0.308. The van der Waals surface area contributed by atoms with E-state index in [1.807, 2.05) is 0 Å². The molecule has 0 aromatic heterocycles. The summed E-state index contributed by atoms with van der Waals surface area (Å²) in [6.45, 7) is 1.66. The normalized spacial score (nSPS) is 17.2. The van der Waals surface area contributed by atoms with Gasteiger partial charge in [0.05, 0.1) is 12.8 Å². The molecule has 0 aromatic rings. The average Bonchev–Trinajstić information content (AvgIpc) is 1.84. The van der Waals surface area contributed by atoms with E-state index in [1.54, 1.807) is 0 Å². The fraction of sp³-hybridized carbons (Fsp3) is 1.00. The van der Waals surface area contributed by atoms with E-state index in [0.717, 1.165) is 0 Å². The predicted molar refractivity (Wildman–Crippen MR) is 39.0 cm³/mol. The Morgan fingerprint density at radius 1 is 1.78 bits per heavy atom. The van der Waals surface area contributed by atoms with Crippen molar-refractivity contribution in [1.82, 2.24) is 0 Å². The second-order valence-corrected chi connectivity index (χ2v) is 4.29. The number of rotatable bonds is 4. The van der Waals surface area contributed by atoms with Crippen LogP contribution in [0.2, 0.25) is 0 Å². The van der Waals surface area contributed by atoms with Crippen LogP contribution in [0.25, 0.3) is 0 Å². The fourth-order valence-electron chi connectivity index (χ4n) is 0.262. The first-order valence-corrected chi connectivity index (χ1v) is 5.44. The van der Waals surface area contributed by atoms with Gasteiger partial charge in [-0.05, 0) is 0 Å². The quantitative estimate of drug-likeness (QED) is 0.536. The molecule has 0 aliphatic carbocycles. The lowest BCUT2D eigenvalue weighted by atomic mass is 10.9. The molecular weight excluding hydrogens is 210 g/mol. The van der Waals surface area contributed by atoms with Gasteiger partial charge in [-0.3, -0.25) is 4.57 Å². The molecule has 2 nitrogen and oxygen atoms in total. The molecule has 0 aliphatic rings. The Labute approximate surface area is 62.5 Å². The van der Waals surface area contributed by atoms with Gasteiger partial charge in [0.25, 0.3) is 0 Å². The van der Waals surface area contributed by atoms with Gasteiger partial charge in [-0.15, -0.1) is 0 Å². The molecule has 56 valence electrons. The maximum atomic E-state index is 12.3. The van der Waals surface area contributed by atoms with Crippen molar-refractivity contribution >= 4 is 23.6 Å². The van der Waals surface area contributed by atoms with Crippen LogP contribution in [0.15, 0.2) is 0 Å². The molecule has 0 saturated carbocycles. The van der Waals surface area contributed by atoms with Gasteiger partial charge >= 0.3 is 7.68 Å². The zero-order valence-corrected chi connectivity index (χ0v) is 7.62. The summed E-state index contributed by atoms with van der Waals surface area (Å²) in [5.41, 5.74) is 0. The van der Waals surface area contributed by atoms with E-state index in [9.17, 15) is 8.76 Å². The van der Waals surface area contributed by atoms with Crippen molar-refractivity contribution in [2.24, 2.45) is 0 Å². The first-order valence-electron chi connectivity index (χ1n) is 2.61. The van der Waals surface area contributed by atoms with Crippen LogP contribution in [0.1, 0.15) is 6.92 Å². The van der Waals surface area contributed by atoms with Crippen molar-refractivity contribution in [2.45, 2.75) is 6.92 Å². The summed E-state index contributed by atoms with van der Waals surface area (Å²) in [4.78, 5) is 0. The molecule has 9 heavy (non-hydrogen) atoms. The van der Waals surface area contributed by atoms with Gasteiger partial charge in [-0.1, -0.05) is 22.9 Å². The molecule has 1 atom stereocenters. The smallest absolute Gasteiger partial charge is 0.305 e. The SMILES string of the molecule is CCP(=O)(F)OCCBr. The number of hydrogen-bond donors (Lipinski definition) is 0. The maximum absolute atomic E-state index is 12.3. The Morgan fingerprint density at radius 3 is 2.67 bits per heavy atom. The average molecular weight is 219 g/mol. The second kappa shape index (κ2) is 4.42. The summed E-state index contributed by atoms with van der Waals surface area (Å²) < 4.78 is 27.1. The lowest BCUT2D eigenvalue weighted by Gasteiger charge is -2.03. The van der Waals surface area contributed by atoms with Crippen LogP contribution in [0.3, 0.4) is 0 Å². The fourth-order valence-corrected chi connectivity index (χ4v) is 1.22. The molecule has 1 unspecified atom stereocenters. The molecular formula is C4H9BrFO2P. The van der Waals surface area contributed by atoms with E-state index in [2.05, 4.69) is 20.5 Å². The molecule has 0 fully saturated rings. The monoisotopic (exact) mass is 218 g/mol. The third-order valence-electron chi connectivity index (χ3n) is 0.739. The zero-order valence-electron chi connectivity index (χ0n) is 5.14. The zero-order chi connectivity index (χ0) is 7.33. The van der Waals surface area contributed by atoms with Crippen LogP contribution in [0, 0.1) is 0 Å².